The number of hydrogen-bond donors (Lipinski definition) is 2. The number of aromatic nitrogens is 5. The van der Waals surface area contributed by atoms with E-state index < -0.39 is 11.7 Å². The van der Waals surface area contributed by atoms with Gasteiger partial charge in [-0.25, -0.2) is 28.1 Å². The zero-order chi connectivity index (χ0) is 18.3. The summed E-state index contributed by atoms with van der Waals surface area (Å²) in [6, 6.07) is 3.06. The van der Waals surface area contributed by atoms with Crippen molar-refractivity contribution in [2.45, 2.75) is 44.4 Å². The molecule has 2 N–H and O–H groups in total. The maximum absolute atomic E-state index is 13.4. The molecular weight excluding hydrogens is 345 g/mol. The Labute approximate surface area is 148 Å². The first-order valence-corrected chi connectivity index (χ1v) is 8.40. The minimum Gasteiger partial charge on any atom is -0.325 e. The molecular formula is C17H19F3N6. The Hall–Kier alpha value is -2.71. The zero-order valence-electron chi connectivity index (χ0n) is 14.1. The first-order chi connectivity index (χ1) is 12.4. The Bertz CT molecular complexity index is 951. The lowest BCUT2D eigenvalue weighted by Crippen LogP contribution is -2.24. The van der Waals surface area contributed by atoms with E-state index in [4.69, 9.17) is 0 Å². The van der Waals surface area contributed by atoms with Gasteiger partial charge in [0, 0.05) is 31.9 Å². The van der Waals surface area contributed by atoms with Crippen molar-refractivity contribution in [2.24, 2.45) is 0 Å². The number of fused-ring (bicyclic) bond motifs is 1. The van der Waals surface area contributed by atoms with Crippen molar-refractivity contribution in [3.05, 3.63) is 35.7 Å². The molecule has 6 nitrogen and oxygen atoms in total. The van der Waals surface area contributed by atoms with Gasteiger partial charge in [0.2, 0.25) is 5.92 Å². The molecule has 0 amide bonds. The number of alkyl halides is 2. The summed E-state index contributed by atoms with van der Waals surface area (Å²) >= 11 is 0. The number of hydrogen-bond acceptors (Lipinski definition) is 5. The molecule has 1 fully saturated rings. The molecule has 0 radical (unpaired) electrons. The van der Waals surface area contributed by atoms with Gasteiger partial charge in [0.1, 0.15) is 23.3 Å². The average Bonchev–Trinajstić information content (AvgIpc) is 2.96. The second-order valence-electron chi connectivity index (χ2n) is 6.63. The molecule has 0 unspecified atom stereocenters. The van der Waals surface area contributed by atoms with Crippen molar-refractivity contribution < 1.29 is 14.6 Å². The molecule has 3 aromatic rings. The largest absolute Gasteiger partial charge is 0.325 e. The van der Waals surface area contributed by atoms with Crippen molar-refractivity contribution in [3.63, 3.8) is 0 Å². The van der Waals surface area contributed by atoms with Crippen LogP contribution in [0.2, 0.25) is 0 Å². The molecule has 4 rings (SSSR count). The highest BCUT2D eigenvalue weighted by molar-refractivity contribution is 5.88. The lowest BCUT2D eigenvalue weighted by molar-refractivity contribution is -0.0387. The highest BCUT2D eigenvalue weighted by Crippen LogP contribution is 2.40. The van der Waals surface area contributed by atoms with Crippen LogP contribution in [0.1, 0.15) is 44.5 Å². The molecule has 1 aliphatic rings. The van der Waals surface area contributed by atoms with E-state index in [1.165, 1.54) is 6.07 Å². The highest BCUT2D eigenvalue weighted by atomic mass is 19.3. The molecule has 3 aromatic heterocycles. The third-order valence-electron chi connectivity index (χ3n) is 4.58. The van der Waals surface area contributed by atoms with E-state index in [-0.39, 0.29) is 20.2 Å². The number of halogens is 3. The smallest absolute Gasteiger partial charge is 0.248 e. The van der Waals surface area contributed by atoms with Crippen molar-refractivity contribution >= 4 is 22.7 Å². The monoisotopic (exact) mass is 364 g/mol. The van der Waals surface area contributed by atoms with E-state index in [9.17, 15) is 13.2 Å². The van der Waals surface area contributed by atoms with Crippen LogP contribution in [-0.2, 0) is 0 Å². The first kappa shape index (κ1) is 16.7. The van der Waals surface area contributed by atoms with E-state index >= 15 is 0 Å². The number of H-pyrrole nitrogens is 1. The topological polar surface area (TPSA) is 79.4 Å². The number of anilines is 2. The van der Waals surface area contributed by atoms with Gasteiger partial charge >= 0.3 is 0 Å². The molecule has 0 bridgehead atoms. The number of aryl methyl sites for hydroxylation is 1. The van der Waals surface area contributed by atoms with Crippen LogP contribution in [0.5, 0.6) is 0 Å². The normalized spacial score (nSPS) is 17.5. The quantitative estimate of drug-likeness (QED) is 0.716. The third kappa shape index (κ3) is 3.33. The molecule has 0 saturated heterocycles. The summed E-state index contributed by atoms with van der Waals surface area (Å²) in [7, 11) is 0. The predicted molar refractivity (Wildman–Crippen MR) is 92.2 cm³/mol. The maximum Gasteiger partial charge on any atom is 0.248 e. The van der Waals surface area contributed by atoms with Crippen LogP contribution >= 0.6 is 0 Å². The van der Waals surface area contributed by atoms with Crippen LogP contribution < -0.4 is 5.32 Å². The van der Waals surface area contributed by atoms with Crippen LogP contribution in [0.3, 0.4) is 0 Å². The fraction of sp³-hybridized carbons (Fsp3) is 0.412. The fourth-order valence-electron chi connectivity index (χ4n) is 3.23. The number of nitrogens with zero attached hydrogens (tertiary/aromatic N) is 4. The molecule has 0 aromatic carbocycles. The summed E-state index contributed by atoms with van der Waals surface area (Å²) in [5, 5.41) is 10.4. The van der Waals surface area contributed by atoms with Gasteiger partial charge in [-0.05, 0) is 25.8 Å². The van der Waals surface area contributed by atoms with Gasteiger partial charge in [0.25, 0.3) is 0 Å². The summed E-state index contributed by atoms with van der Waals surface area (Å²) in [6.07, 6.45) is 1.52. The lowest BCUT2D eigenvalue weighted by atomic mass is 9.86. The van der Waals surface area contributed by atoms with Gasteiger partial charge in [-0.3, -0.25) is 5.10 Å². The molecule has 0 aliphatic heterocycles. The van der Waals surface area contributed by atoms with Gasteiger partial charge < -0.3 is 5.32 Å². The van der Waals surface area contributed by atoms with Gasteiger partial charge in [0.15, 0.2) is 5.65 Å². The van der Waals surface area contributed by atoms with E-state index in [1.807, 2.05) is 6.92 Å². The first-order valence-electron chi connectivity index (χ1n) is 8.40. The number of pyridine rings is 1. The number of aromatic amines is 1. The summed E-state index contributed by atoms with van der Waals surface area (Å²) in [5.74, 6) is -1.63. The third-order valence-corrected chi connectivity index (χ3v) is 4.58. The Morgan fingerprint density at radius 2 is 2.00 bits per heavy atom. The van der Waals surface area contributed by atoms with Crippen molar-refractivity contribution in [2.75, 3.05) is 5.32 Å². The molecule has 138 valence electrons. The number of rotatable bonds is 3. The van der Waals surface area contributed by atoms with E-state index in [0.717, 1.165) is 11.9 Å². The molecule has 26 heavy (non-hydrogen) atoms. The zero-order valence-corrected chi connectivity index (χ0v) is 14.1. The predicted octanol–water partition coefficient (Wildman–Crippen LogP) is 4.48. The molecule has 0 atom stereocenters. The lowest BCUT2D eigenvalue weighted by Gasteiger charge is -2.27. The van der Waals surface area contributed by atoms with E-state index in [0.29, 0.717) is 41.3 Å². The summed E-state index contributed by atoms with van der Waals surface area (Å²) in [5.41, 5.74) is 1.11. The Morgan fingerprint density at radius 3 is 2.77 bits per heavy atom. The maximum atomic E-state index is 13.4. The Morgan fingerprint density at radius 1 is 1.23 bits per heavy atom. The van der Waals surface area contributed by atoms with E-state index in [1.54, 1.807) is 6.07 Å². The van der Waals surface area contributed by atoms with Gasteiger partial charge in [0.05, 0.1) is 11.6 Å². The van der Waals surface area contributed by atoms with Crippen LogP contribution in [0.4, 0.5) is 24.8 Å². The van der Waals surface area contributed by atoms with Gasteiger partial charge in [-0.2, -0.15) is 5.10 Å². The standard InChI is InChI=1S/C17H17F3N6.H2/c1-9-6-13(23-14(22-9)10-2-4-17(19,20)5-3-10)24-16-12-7-11(18)8-21-15(12)25-26-16;/h6-8,10H,2-5H2,1H3,(H2,21,22,23,24,25,26);1H. The van der Waals surface area contributed by atoms with Crippen molar-refractivity contribution in [1.82, 2.24) is 25.1 Å². The second-order valence-corrected chi connectivity index (χ2v) is 6.63. The number of nitrogens with one attached hydrogen (secondary N) is 2. The van der Waals surface area contributed by atoms with Crippen LogP contribution in [-0.4, -0.2) is 31.1 Å². The fourth-order valence-corrected chi connectivity index (χ4v) is 3.23. The van der Waals surface area contributed by atoms with Crippen LogP contribution in [0, 0.1) is 12.7 Å². The van der Waals surface area contributed by atoms with Crippen molar-refractivity contribution in [1.29, 1.82) is 0 Å². The Kier molecular flexibility index (Phi) is 4.01. The average molecular weight is 364 g/mol. The minimum atomic E-state index is -2.59. The van der Waals surface area contributed by atoms with E-state index in [2.05, 4.69) is 30.5 Å². The summed E-state index contributed by atoms with van der Waals surface area (Å²) in [4.78, 5) is 12.8. The second kappa shape index (κ2) is 6.22. The van der Waals surface area contributed by atoms with Crippen molar-refractivity contribution in [3.8, 4) is 0 Å². The molecule has 1 saturated carbocycles. The summed E-state index contributed by atoms with van der Waals surface area (Å²) in [6.45, 7) is 1.82. The van der Waals surface area contributed by atoms with Crippen LogP contribution in [0.15, 0.2) is 18.3 Å². The molecule has 9 heteroatoms. The SMILES string of the molecule is Cc1cc(Nc2[nH]nc3ncc(F)cc23)nc(C2CCC(F)(F)CC2)n1.[HH]. The van der Waals surface area contributed by atoms with Crippen LogP contribution in [0.25, 0.3) is 11.0 Å². The molecule has 1 aliphatic carbocycles. The molecule has 0 spiro atoms. The minimum absolute atomic E-state index is 0. The van der Waals surface area contributed by atoms with Gasteiger partial charge in [-0.15, -0.1) is 0 Å². The Balaban J connectivity index is 0.00000210. The highest BCUT2D eigenvalue weighted by Gasteiger charge is 2.36. The van der Waals surface area contributed by atoms with Gasteiger partial charge in [-0.1, -0.05) is 0 Å². The summed E-state index contributed by atoms with van der Waals surface area (Å²) < 4.78 is 40.2. The molecule has 3 heterocycles.